The van der Waals surface area contributed by atoms with Crippen molar-refractivity contribution in [2.24, 2.45) is 0 Å². The number of rotatable bonds is 9. The SMILES string of the molecule is CCCC(=O)OCC(O)CN1CCN(c2ccc(NC(=O)c3cccc(F)c3)cn2)CC1. The van der Waals surface area contributed by atoms with E-state index in [0.717, 1.165) is 38.4 Å². The fraction of sp³-hybridized carbons (Fsp3) is 0.435. The summed E-state index contributed by atoms with van der Waals surface area (Å²) < 4.78 is 18.4. The van der Waals surface area contributed by atoms with Crippen LogP contribution in [0.15, 0.2) is 42.6 Å². The summed E-state index contributed by atoms with van der Waals surface area (Å²) in [5.74, 6) is -0.345. The molecule has 0 bridgehead atoms. The third-order valence-corrected chi connectivity index (χ3v) is 5.15. The monoisotopic (exact) mass is 444 g/mol. The highest BCUT2D eigenvalue weighted by atomic mass is 19.1. The van der Waals surface area contributed by atoms with Gasteiger partial charge in [0, 0.05) is 44.7 Å². The summed E-state index contributed by atoms with van der Waals surface area (Å²) in [6, 6.07) is 9.10. The molecule has 3 rings (SSSR count). The Morgan fingerprint density at radius 2 is 2.00 bits per heavy atom. The second kappa shape index (κ2) is 11.5. The number of aliphatic hydroxyl groups is 1. The number of carbonyl (C=O) groups excluding carboxylic acids is 2. The molecule has 0 spiro atoms. The molecule has 1 fully saturated rings. The fourth-order valence-electron chi connectivity index (χ4n) is 3.46. The first-order valence-electron chi connectivity index (χ1n) is 10.8. The Bertz CT molecular complexity index is 901. The molecule has 1 atom stereocenters. The Labute approximate surface area is 187 Å². The molecule has 1 aromatic carbocycles. The first kappa shape index (κ1) is 23.6. The number of anilines is 2. The Hall–Kier alpha value is -3.04. The lowest BCUT2D eigenvalue weighted by atomic mass is 10.2. The van der Waals surface area contributed by atoms with Gasteiger partial charge in [-0.25, -0.2) is 9.37 Å². The third-order valence-electron chi connectivity index (χ3n) is 5.15. The van der Waals surface area contributed by atoms with Crippen molar-refractivity contribution in [3.05, 3.63) is 54.0 Å². The standard InChI is InChI=1S/C23H29FN4O4/c1-2-4-22(30)32-16-20(29)15-27-9-11-28(12-10-27)21-8-7-19(14-25-21)26-23(31)17-5-3-6-18(24)13-17/h3,5-8,13-14,20,29H,2,4,9-12,15-16H2,1H3,(H,26,31). The number of benzene rings is 1. The van der Waals surface area contributed by atoms with Gasteiger partial charge in [-0.3, -0.25) is 14.5 Å². The highest BCUT2D eigenvalue weighted by molar-refractivity contribution is 6.04. The Kier molecular flexibility index (Phi) is 8.52. The molecule has 8 nitrogen and oxygen atoms in total. The van der Waals surface area contributed by atoms with E-state index in [1.54, 1.807) is 18.3 Å². The third kappa shape index (κ3) is 7.00. The summed E-state index contributed by atoms with van der Waals surface area (Å²) in [5, 5.41) is 12.8. The zero-order valence-corrected chi connectivity index (χ0v) is 18.2. The lowest BCUT2D eigenvalue weighted by molar-refractivity contribution is -0.147. The molecular formula is C23H29FN4O4. The van der Waals surface area contributed by atoms with Crippen molar-refractivity contribution in [3.63, 3.8) is 0 Å². The zero-order valence-electron chi connectivity index (χ0n) is 18.2. The summed E-state index contributed by atoms with van der Waals surface area (Å²) in [6.07, 6.45) is 1.96. The second-order valence-electron chi connectivity index (χ2n) is 7.74. The number of aliphatic hydroxyl groups excluding tert-OH is 1. The molecule has 1 saturated heterocycles. The van der Waals surface area contributed by atoms with Gasteiger partial charge in [-0.1, -0.05) is 13.0 Å². The van der Waals surface area contributed by atoms with Crippen LogP contribution < -0.4 is 10.2 Å². The van der Waals surface area contributed by atoms with E-state index in [1.807, 2.05) is 13.0 Å². The molecule has 32 heavy (non-hydrogen) atoms. The van der Waals surface area contributed by atoms with Crippen LogP contribution in [-0.4, -0.2) is 72.3 Å². The number of piperazine rings is 1. The van der Waals surface area contributed by atoms with E-state index < -0.39 is 17.8 Å². The van der Waals surface area contributed by atoms with Gasteiger partial charge in [0.05, 0.1) is 11.9 Å². The van der Waals surface area contributed by atoms with E-state index in [4.69, 9.17) is 4.74 Å². The molecule has 2 aromatic rings. The highest BCUT2D eigenvalue weighted by Gasteiger charge is 2.21. The van der Waals surface area contributed by atoms with E-state index in [-0.39, 0.29) is 18.1 Å². The summed E-state index contributed by atoms with van der Waals surface area (Å²) in [7, 11) is 0. The van der Waals surface area contributed by atoms with Gasteiger partial charge in [-0.15, -0.1) is 0 Å². The number of hydrogen-bond donors (Lipinski definition) is 2. The number of nitrogens with zero attached hydrogens (tertiary/aromatic N) is 3. The van der Waals surface area contributed by atoms with E-state index in [1.165, 1.54) is 18.2 Å². The van der Waals surface area contributed by atoms with Gasteiger partial charge >= 0.3 is 5.97 Å². The zero-order chi connectivity index (χ0) is 22.9. The molecule has 9 heteroatoms. The lowest BCUT2D eigenvalue weighted by Gasteiger charge is -2.36. The molecule has 1 aromatic heterocycles. The Morgan fingerprint density at radius 1 is 1.22 bits per heavy atom. The number of nitrogens with one attached hydrogen (secondary N) is 1. The van der Waals surface area contributed by atoms with Crippen molar-refractivity contribution in [1.82, 2.24) is 9.88 Å². The Balaban J connectivity index is 1.43. The van der Waals surface area contributed by atoms with E-state index in [0.29, 0.717) is 18.7 Å². The van der Waals surface area contributed by atoms with Crippen molar-refractivity contribution in [2.45, 2.75) is 25.9 Å². The number of aromatic nitrogens is 1. The smallest absolute Gasteiger partial charge is 0.305 e. The van der Waals surface area contributed by atoms with Crippen LogP contribution in [0.5, 0.6) is 0 Å². The summed E-state index contributed by atoms with van der Waals surface area (Å²) >= 11 is 0. The van der Waals surface area contributed by atoms with Crippen LogP contribution in [0, 0.1) is 5.82 Å². The van der Waals surface area contributed by atoms with Crippen molar-refractivity contribution in [2.75, 3.05) is 49.5 Å². The van der Waals surface area contributed by atoms with E-state index in [2.05, 4.69) is 20.1 Å². The van der Waals surface area contributed by atoms with Crippen LogP contribution in [0.2, 0.25) is 0 Å². The maximum Gasteiger partial charge on any atom is 0.305 e. The van der Waals surface area contributed by atoms with Crippen molar-refractivity contribution in [3.8, 4) is 0 Å². The molecule has 1 amide bonds. The number of ether oxygens (including phenoxy) is 1. The summed E-state index contributed by atoms with van der Waals surface area (Å²) in [6.45, 7) is 5.35. The van der Waals surface area contributed by atoms with Crippen LogP contribution in [-0.2, 0) is 9.53 Å². The second-order valence-corrected chi connectivity index (χ2v) is 7.74. The molecular weight excluding hydrogens is 415 g/mol. The normalized spacial score (nSPS) is 15.3. The Morgan fingerprint density at radius 3 is 2.66 bits per heavy atom. The van der Waals surface area contributed by atoms with Crippen molar-refractivity contribution >= 4 is 23.4 Å². The molecule has 2 N–H and O–H groups in total. The van der Waals surface area contributed by atoms with Gasteiger partial charge in [0.25, 0.3) is 5.91 Å². The predicted molar refractivity (Wildman–Crippen MR) is 119 cm³/mol. The lowest BCUT2D eigenvalue weighted by Crippen LogP contribution is -2.49. The van der Waals surface area contributed by atoms with Crippen LogP contribution in [0.4, 0.5) is 15.9 Å². The van der Waals surface area contributed by atoms with E-state index >= 15 is 0 Å². The molecule has 2 heterocycles. The number of β-amino-alcohol motifs (C(OH)–C–C–N with tert-alkyl or cyclic N) is 1. The average molecular weight is 445 g/mol. The summed E-state index contributed by atoms with van der Waals surface area (Å²) in [4.78, 5) is 32.3. The van der Waals surface area contributed by atoms with Crippen LogP contribution in [0.1, 0.15) is 30.1 Å². The van der Waals surface area contributed by atoms with Gasteiger partial charge in [-0.05, 0) is 36.8 Å². The van der Waals surface area contributed by atoms with Gasteiger partial charge in [0.2, 0.25) is 0 Å². The molecule has 1 aliphatic rings. The van der Waals surface area contributed by atoms with Crippen LogP contribution >= 0.6 is 0 Å². The molecule has 1 unspecified atom stereocenters. The topological polar surface area (TPSA) is 95.0 Å². The number of halogens is 1. The number of amides is 1. The quantitative estimate of drug-likeness (QED) is 0.573. The number of pyridine rings is 1. The van der Waals surface area contributed by atoms with Gasteiger partial charge in [-0.2, -0.15) is 0 Å². The summed E-state index contributed by atoms with van der Waals surface area (Å²) in [5.41, 5.74) is 0.773. The molecule has 1 aliphatic heterocycles. The fourth-order valence-corrected chi connectivity index (χ4v) is 3.46. The van der Waals surface area contributed by atoms with Crippen LogP contribution in [0.25, 0.3) is 0 Å². The van der Waals surface area contributed by atoms with Crippen LogP contribution in [0.3, 0.4) is 0 Å². The minimum absolute atomic E-state index is 0.0173. The van der Waals surface area contributed by atoms with Gasteiger partial charge < -0.3 is 20.1 Å². The van der Waals surface area contributed by atoms with E-state index in [9.17, 15) is 19.1 Å². The largest absolute Gasteiger partial charge is 0.463 e. The number of carbonyl (C=O) groups is 2. The van der Waals surface area contributed by atoms with Gasteiger partial charge in [0.15, 0.2) is 0 Å². The first-order chi connectivity index (χ1) is 15.4. The highest BCUT2D eigenvalue weighted by Crippen LogP contribution is 2.17. The minimum atomic E-state index is -0.707. The average Bonchev–Trinajstić information content (AvgIpc) is 2.79. The maximum atomic E-state index is 13.3. The number of hydrogen-bond acceptors (Lipinski definition) is 7. The van der Waals surface area contributed by atoms with Gasteiger partial charge in [0.1, 0.15) is 24.3 Å². The van der Waals surface area contributed by atoms with Crippen molar-refractivity contribution in [1.29, 1.82) is 0 Å². The molecule has 172 valence electrons. The predicted octanol–water partition coefficient (Wildman–Crippen LogP) is 2.30. The number of esters is 1. The molecule has 0 saturated carbocycles. The molecule has 0 aliphatic carbocycles. The minimum Gasteiger partial charge on any atom is -0.463 e. The molecule has 0 radical (unpaired) electrons. The first-order valence-corrected chi connectivity index (χ1v) is 10.8. The van der Waals surface area contributed by atoms with Crippen molar-refractivity contribution < 1.29 is 23.8 Å². The maximum absolute atomic E-state index is 13.3.